The predicted molar refractivity (Wildman–Crippen MR) is 146 cm³/mol. The molecule has 32 heavy (non-hydrogen) atoms. The molecule has 0 saturated heterocycles. The molecule has 0 N–H and O–H groups in total. The summed E-state index contributed by atoms with van der Waals surface area (Å²) in [4.78, 5) is 1.39. The van der Waals surface area contributed by atoms with Crippen LogP contribution in [0.4, 0.5) is 0 Å². The molecule has 170 valence electrons. The molecular formula is C31H40S. The molecule has 1 atom stereocenters. The van der Waals surface area contributed by atoms with Crippen LogP contribution in [0, 0.1) is 18.8 Å². The van der Waals surface area contributed by atoms with Crippen molar-refractivity contribution in [2.75, 3.05) is 0 Å². The van der Waals surface area contributed by atoms with Crippen molar-refractivity contribution in [3.05, 3.63) is 107 Å². The van der Waals surface area contributed by atoms with Gasteiger partial charge in [0.25, 0.3) is 0 Å². The third-order valence-corrected chi connectivity index (χ3v) is 6.56. The van der Waals surface area contributed by atoms with E-state index in [1.165, 1.54) is 51.8 Å². The number of hydrogen-bond donors (Lipinski definition) is 0. The van der Waals surface area contributed by atoms with E-state index in [9.17, 15) is 0 Å². The monoisotopic (exact) mass is 444 g/mol. The lowest BCUT2D eigenvalue weighted by Gasteiger charge is -2.06. The van der Waals surface area contributed by atoms with E-state index in [1.807, 2.05) is 11.3 Å². The number of hydrogen-bond acceptors (Lipinski definition) is 1. The van der Waals surface area contributed by atoms with Crippen LogP contribution in [0.1, 0.15) is 56.5 Å². The number of rotatable bonds is 6. The fraction of sp³-hybridized carbons (Fsp3) is 0.355. The summed E-state index contributed by atoms with van der Waals surface area (Å²) in [7, 11) is 0. The smallest absolute Gasteiger partial charge is 0.0345 e. The van der Waals surface area contributed by atoms with Crippen molar-refractivity contribution >= 4 is 21.4 Å². The standard InChI is InChI=1S/2C11H16.C9H8S/c1-10(2)8-9-11-6-4-3-5-7-11;1-3-10(2)9-11-7-5-4-6-8-11;1-7-6-8-4-2-3-5-9(8)10-7/h3-7,10H,8-9H2,1-2H3;4-8,10H,3,9H2,1-2H3;2-6H,1H3. The van der Waals surface area contributed by atoms with Crippen LogP contribution in [-0.4, -0.2) is 0 Å². The highest BCUT2D eigenvalue weighted by molar-refractivity contribution is 7.19. The summed E-state index contributed by atoms with van der Waals surface area (Å²) in [6.07, 6.45) is 5.01. The Kier molecular flexibility index (Phi) is 11.8. The summed E-state index contributed by atoms with van der Waals surface area (Å²) < 4.78 is 1.39. The first-order valence-corrected chi connectivity index (χ1v) is 12.8. The highest BCUT2D eigenvalue weighted by Gasteiger charge is 1.99. The van der Waals surface area contributed by atoms with E-state index in [-0.39, 0.29) is 0 Å². The van der Waals surface area contributed by atoms with Gasteiger partial charge in [-0.1, -0.05) is 113 Å². The lowest BCUT2D eigenvalue weighted by atomic mass is 9.99. The van der Waals surface area contributed by atoms with E-state index in [4.69, 9.17) is 0 Å². The van der Waals surface area contributed by atoms with Gasteiger partial charge >= 0.3 is 0 Å². The maximum absolute atomic E-state index is 2.30. The summed E-state index contributed by atoms with van der Waals surface area (Å²) in [5.41, 5.74) is 2.92. The quantitative estimate of drug-likeness (QED) is 0.277. The molecule has 0 bridgehead atoms. The SMILES string of the molecule is CC(C)CCc1ccccc1.CCC(C)Cc1ccccc1.Cc1cc2ccccc2s1. The molecule has 1 unspecified atom stereocenters. The van der Waals surface area contributed by atoms with Crippen molar-refractivity contribution in [3.63, 3.8) is 0 Å². The minimum Gasteiger partial charge on any atom is -0.141 e. The van der Waals surface area contributed by atoms with Crippen molar-refractivity contribution in [1.82, 2.24) is 0 Å². The first kappa shape index (κ1) is 25.9. The Labute approximate surface area is 200 Å². The van der Waals surface area contributed by atoms with E-state index in [1.54, 1.807) is 0 Å². The van der Waals surface area contributed by atoms with Gasteiger partial charge in [0.2, 0.25) is 0 Å². The fourth-order valence-electron chi connectivity index (χ4n) is 3.38. The van der Waals surface area contributed by atoms with Crippen LogP contribution >= 0.6 is 11.3 Å². The minimum absolute atomic E-state index is 0.815. The van der Waals surface area contributed by atoms with Gasteiger partial charge in [-0.25, -0.2) is 0 Å². The zero-order valence-corrected chi connectivity index (χ0v) is 21.4. The topological polar surface area (TPSA) is 0 Å². The first-order valence-electron chi connectivity index (χ1n) is 12.0. The highest BCUT2D eigenvalue weighted by Crippen LogP contribution is 2.23. The Bertz CT molecular complexity index is 950. The zero-order chi connectivity index (χ0) is 23.2. The summed E-state index contributed by atoms with van der Waals surface area (Å²) in [6.45, 7) is 11.2. The molecule has 0 spiro atoms. The van der Waals surface area contributed by atoms with Gasteiger partial charge in [0.1, 0.15) is 0 Å². The fourth-order valence-corrected chi connectivity index (χ4v) is 4.30. The summed E-state index contributed by atoms with van der Waals surface area (Å²) in [5, 5.41) is 1.37. The second-order valence-electron chi connectivity index (χ2n) is 9.02. The van der Waals surface area contributed by atoms with Crippen molar-refractivity contribution in [2.45, 2.75) is 60.3 Å². The Hall–Kier alpha value is -2.38. The van der Waals surface area contributed by atoms with E-state index in [2.05, 4.69) is 126 Å². The van der Waals surface area contributed by atoms with Gasteiger partial charge in [0.15, 0.2) is 0 Å². The summed E-state index contributed by atoms with van der Waals surface area (Å²) in [6, 6.07) is 32.1. The van der Waals surface area contributed by atoms with Crippen LogP contribution in [0.3, 0.4) is 0 Å². The van der Waals surface area contributed by atoms with Gasteiger partial charge in [0, 0.05) is 9.58 Å². The molecule has 0 aliphatic carbocycles. The second-order valence-corrected chi connectivity index (χ2v) is 10.3. The lowest BCUT2D eigenvalue weighted by molar-refractivity contribution is 0.560. The summed E-state index contributed by atoms with van der Waals surface area (Å²) in [5.74, 6) is 1.63. The van der Waals surface area contributed by atoms with Crippen molar-refractivity contribution in [3.8, 4) is 0 Å². The van der Waals surface area contributed by atoms with E-state index in [0.29, 0.717) is 0 Å². The number of thiophene rings is 1. The van der Waals surface area contributed by atoms with E-state index >= 15 is 0 Å². The van der Waals surface area contributed by atoms with Gasteiger partial charge in [-0.3, -0.25) is 0 Å². The van der Waals surface area contributed by atoms with Gasteiger partial charge in [-0.2, -0.15) is 0 Å². The average molecular weight is 445 g/mol. The first-order chi connectivity index (χ1) is 15.5. The number of benzene rings is 3. The molecule has 0 fully saturated rings. The van der Waals surface area contributed by atoms with Gasteiger partial charge < -0.3 is 0 Å². The van der Waals surface area contributed by atoms with Crippen LogP contribution in [-0.2, 0) is 12.8 Å². The molecule has 1 heteroatoms. The molecule has 0 radical (unpaired) electrons. The Morgan fingerprint density at radius 3 is 1.84 bits per heavy atom. The molecule has 1 heterocycles. The molecule has 0 nitrogen and oxygen atoms in total. The Morgan fingerprint density at radius 1 is 0.719 bits per heavy atom. The second kappa shape index (κ2) is 14.6. The molecule has 0 saturated carbocycles. The summed E-state index contributed by atoms with van der Waals surface area (Å²) >= 11 is 1.85. The number of fused-ring (bicyclic) bond motifs is 1. The molecule has 1 aromatic heterocycles. The molecule has 0 aliphatic rings. The van der Waals surface area contributed by atoms with E-state index < -0.39 is 0 Å². The Morgan fingerprint density at radius 2 is 1.28 bits per heavy atom. The van der Waals surface area contributed by atoms with Gasteiger partial charge in [-0.15, -0.1) is 11.3 Å². The lowest BCUT2D eigenvalue weighted by Crippen LogP contribution is -1.96. The number of aryl methyl sites for hydroxylation is 2. The molecule has 4 rings (SSSR count). The van der Waals surface area contributed by atoms with Crippen LogP contribution in [0.5, 0.6) is 0 Å². The molecule has 3 aromatic carbocycles. The zero-order valence-electron chi connectivity index (χ0n) is 20.6. The Balaban J connectivity index is 0.000000170. The van der Waals surface area contributed by atoms with Crippen molar-refractivity contribution in [2.24, 2.45) is 11.8 Å². The van der Waals surface area contributed by atoms with Crippen molar-refractivity contribution in [1.29, 1.82) is 0 Å². The third kappa shape index (κ3) is 10.3. The molecular weight excluding hydrogens is 404 g/mol. The van der Waals surface area contributed by atoms with Crippen LogP contribution < -0.4 is 0 Å². The minimum atomic E-state index is 0.815. The predicted octanol–water partition coefficient (Wildman–Crippen LogP) is 9.76. The molecule has 4 aromatic rings. The highest BCUT2D eigenvalue weighted by atomic mass is 32.1. The third-order valence-electron chi connectivity index (χ3n) is 5.53. The average Bonchev–Trinajstić information content (AvgIpc) is 3.20. The maximum atomic E-state index is 2.30. The van der Waals surface area contributed by atoms with E-state index in [0.717, 1.165) is 11.8 Å². The van der Waals surface area contributed by atoms with Crippen LogP contribution in [0.2, 0.25) is 0 Å². The van der Waals surface area contributed by atoms with Crippen LogP contribution in [0.25, 0.3) is 10.1 Å². The maximum Gasteiger partial charge on any atom is 0.0345 e. The molecule has 0 amide bonds. The van der Waals surface area contributed by atoms with Gasteiger partial charge in [0.05, 0.1) is 0 Å². The van der Waals surface area contributed by atoms with Gasteiger partial charge in [-0.05, 0) is 66.7 Å². The van der Waals surface area contributed by atoms with Crippen LogP contribution in [0.15, 0.2) is 91.0 Å². The molecule has 0 aliphatic heterocycles. The normalized spacial score (nSPS) is 11.3. The largest absolute Gasteiger partial charge is 0.141 e. The van der Waals surface area contributed by atoms with Crippen molar-refractivity contribution < 1.29 is 0 Å².